The Bertz CT molecular complexity index is 1140. The van der Waals surface area contributed by atoms with Gasteiger partial charge in [-0.2, -0.15) is 5.26 Å². The summed E-state index contributed by atoms with van der Waals surface area (Å²) in [4.78, 5) is 12.2. The van der Waals surface area contributed by atoms with Crippen molar-refractivity contribution in [2.45, 2.75) is 18.1 Å². The van der Waals surface area contributed by atoms with Crippen molar-refractivity contribution in [1.29, 1.82) is 5.26 Å². The van der Waals surface area contributed by atoms with Gasteiger partial charge in [-0.3, -0.25) is 0 Å². The summed E-state index contributed by atoms with van der Waals surface area (Å²) in [6.07, 6.45) is -3.62. The third-order valence-corrected chi connectivity index (χ3v) is 5.64. The molecular formula is C25H22N2O5. The minimum Gasteiger partial charge on any atom is -0.508 e. The zero-order valence-corrected chi connectivity index (χ0v) is 17.1. The Balaban J connectivity index is 1.36. The van der Waals surface area contributed by atoms with E-state index < -0.39 is 18.3 Å². The summed E-state index contributed by atoms with van der Waals surface area (Å²) < 4.78 is 5.40. The van der Waals surface area contributed by atoms with Crippen LogP contribution in [0.2, 0.25) is 0 Å². The summed E-state index contributed by atoms with van der Waals surface area (Å²) in [7, 11) is 0. The van der Waals surface area contributed by atoms with Crippen LogP contribution in [0.25, 0.3) is 11.1 Å². The first kappa shape index (κ1) is 21.4. The van der Waals surface area contributed by atoms with Crippen molar-refractivity contribution in [3.05, 3.63) is 89.0 Å². The van der Waals surface area contributed by atoms with Crippen LogP contribution >= 0.6 is 0 Å². The number of aromatic hydroxyl groups is 1. The summed E-state index contributed by atoms with van der Waals surface area (Å²) in [5, 5.41) is 41.9. The average molecular weight is 430 g/mol. The first-order valence-corrected chi connectivity index (χ1v) is 10.2. The number of nitrogens with one attached hydrogen (secondary N) is 1. The van der Waals surface area contributed by atoms with Gasteiger partial charge in [-0.15, -0.1) is 0 Å². The van der Waals surface area contributed by atoms with E-state index in [0.29, 0.717) is 0 Å². The Morgan fingerprint density at radius 3 is 2.28 bits per heavy atom. The van der Waals surface area contributed by atoms with Crippen molar-refractivity contribution in [3.8, 4) is 22.9 Å². The third-order valence-electron chi connectivity index (χ3n) is 5.64. The number of alkyl carbamates (subject to hydrolysis) is 1. The molecule has 4 N–H and O–H groups in total. The number of carbonyl (C=O) groups excluding carboxylic acids is 1. The van der Waals surface area contributed by atoms with Crippen molar-refractivity contribution >= 4 is 6.09 Å². The quantitative estimate of drug-likeness (QED) is 0.476. The van der Waals surface area contributed by atoms with Gasteiger partial charge in [0, 0.05) is 18.0 Å². The molecule has 0 fully saturated rings. The number of benzene rings is 3. The average Bonchev–Trinajstić information content (AvgIpc) is 3.14. The lowest BCUT2D eigenvalue weighted by Crippen LogP contribution is -2.36. The van der Waals surface area contributed by atoms with Crippen molar-refractivity contribution < 1.29 is 24.9 Å². The van der Waals surface area contributed by atoms with Crippen LogP contribution < -0.4 is 5.32 Å². The van der Waals surface area contributed by atoms with Crippen molar-refractivity contribution in [3.63, 3.8) is 0 Å². The van der Waals surface area contributed by atoms with Crippen LogP contribution in [-0.2, 0) is 4.74 Å². The number of fused-ring (bicyclic) bond motifs is 3. The van der Waals surface area contributed by atoms with Gasteiger partial charge in [-0.1, -0.05) is 48.5 Å². The molecule has 0 saturated heterocycles. The number of rotatable bonds is 6. The highest BCUT2D eigenvalue weighted by Crippen LogP contribution is 2.44. The third kappa shape index (κ3) is 4.14. The van der Waals surface area contributed by atoms with E-state index in [4.69, 9.17) is 10.00 Å². The Kier molecular flexibility index (Phi) is 6.08. The van der Waals surface area contributed by atoms with Gasteiger partial charge >= 0.3 is 6.09 Å². The molecule has 7 heteroatoms. The number of aliphatic hydroxyl groups excluding tert-OH is 2. The van der Waals surface area contributed by atoms with Gasteiger partial charge in [-0.25, -0.2) is 4.79 Å². The SMILES string of the molecule is N#Cc1ccc(O)c(C(O)C(O)CNC(=O)OCC2c3ccccc3-c3ccccc32)c1. The van der Waals surface area contributed by atoms with Crippen LogP contribution in [0.4, 0.5) is 4.79 Å². The number of phenols is 1. The number of ether oxygens (including phenoxy) is 1. The van der Waals surface area contributed by atoms with Crippen molar-refractivity contribution in [2.24, 2.45) is 0 Å². The molecule has 3 aromatic rings. The standard InChI is InChI=1S/C25H22N2O5/c26-12-15-9-10-22(28)20(11-15)24(30)23(29)13-27-25(31)32-14-21-18-7-3-1-5-16(18)17-6-2-4-8-19(17)21/h1-11,21,23-24,28-30H,13-14H2,(H,27,31). The predicted octanol–water partition coefficient (Wildman–Crippen LogP) is 3.20. The molecule has 0 bridgehead atoms. The van der Waals surface area contributed by atoms with E-state index in [1.807, 2.05) is 54.6 Å². The first-order chi connectivity index (χ1) is 15.5. The topological polar surface area (TPSA) is 123 Å². The molecule has 32 heavy (non-hydrogen) atoms. The summed E-state index contributed by atoms with van der Waals surface area (Å²) in [6, 6.07) is 21.8. The van der Waals surface area contributed by atoms with Gasteiger partial charge in [0.25, 0.3) is 0 Å². The number of amides is 1. The molecule has 7 nitrogen and oxygen atoms in total. The Hall–Kier alpha value is -3.86. The zero-order chi connectivity index (χ0) is 22.7. The van der Waals surface area contributed by atoms with Crippen molar-refractivity contribution in [2.75, 3.05) is 13.2 Å². The second-order valence-corrected chi connectivity index (χ2v) is 7.60. The van der Waals surface area contributed by atoms with Crippen LogP contribution in [0.5, 0.6) is 5.75 Å². The Labute approximate surface area is 185 Å². The Morgan fingerprint density at radius 1 is 1.03 bits per heavy atom. The minimum atomic E-state index is -1.49. The monoisotopic (exact) mass is 430 g/mol. The number of nitriles is 1. The number of phenolic OH excluding ortho intramolecular Hbond substituents is 1. The molecule has 2 atom stereocenters. The molecular weight excluding hydrogens is 408 g/mol. The number of nitrogens with zero attached hydrogens (tertiary/aromatic N) is 1. The van der Waals surface area contributed by atoms with Crippen LogP contribution in [0, 0.1) is 11.3 Å². The van der Waals surface area contributed by atoms with E-state index in [-0.39, 0.29) is 35.9 Å². The lowest BCUT2D eigenvalue weighted by molar-refractivity contribution is 0.0172. The molecule has 0 aromatic heterocycles. The minimum absolute atomic E-state index is 0.00545. The van der Waals surface area contributed by atoms with Gasteiger partial charge < -0.3 is 25.4 Å². The van der Waals surface area contributed by atoms with E-state index >= 15 is 0 Å². The highest BCUT2D eigenvalue weighted by atomic mass is 16.5. The number of aliphatic hydroxyl groups is 2. The molecule has 3 aromatic carbocycles. The van der Waals surface area contributed by atoms with E-state index in [2.05, 4.69) is 5.32 Å². The predicted molar refractivity (Wildman–Crippen MR) is 117 cm³/mol. The van der Waals surface area contributed by atoms with Crippen LogP contribution in [0.3, 0.4) is 0 Å². The zero-order valence-electron chi connectivity index (χ0n) is 17.1. The normalized spacial score (nSPS) is 14.0. The molecule has 0 saturated carbocycles. The highest BCUT2D eigenvalue weighted by molar-refractivity contribution is 5.79. The first-order valence-electron chi connectivity index (χ1n) is 10.2. The van der Waals surface area contributed by atoms with Gasteiger partial charge in [0.2, 0.25) is 0 Å². The van der Waals surface area contributed by atoms with E-state index in [0.717, 1.165) is 22.3 Å². The van der Waals surface area contributed by atoms with Crippen LogP contribution in [0.15, 0.2) is 66.7 Å². The molecule has 0 spiro atoms. The second-order valence-electron chi connectivity index (χ2n) is 7.60. The van der Waals surface area contributed by atoms with Gasteiger partial charge in [0.05, 0.1) is 11.6 Å². The molecule has 2 unspecified atom stereocenters. The summed E-state index contributed by atoms with van der Waals surface area (Å²) in [5.41, 5.74) is 4.65. The van der Waals surface area contributed by atoms with Crippen LogP contribution in [-0.4, -0.2) is 40.7 Å². The molecule has 0 heterocycles. The lowest BCUT2D eigenvalue weighted by Gasteiger charge is -2.20. The van der Waals surface area contributed by atoms with Gasteiger partial charge in [0.1, 0.15) is 24.6 Å². The maximum atomic E-state index is 12.2. The molecule has 4 rings (SSSR count). The van der Waals surface area contributed by atoms with Gasteiger partial charge in [0.15, 0.2) is 0 Å². The number of carbonyl (C=O) groups is 1. The number of hydrogen-bond acceptors (Lipinski definition) is 6. The smallest absolute Gasteiger partial charge is 0.407 e. The molecule has 1 aliphatic rings. The fraction of sp³-hybridized carbons (Fsp3) is 0.200. The summed E-state index contributed by atoms with van der Waals surface area (Å²) >= 11 is 0. The summed E-state index contributed by atoms with van der Waals surface area (Å²) in [6.45, 7) is -0.169. The molecule has 1 amide bonds. The molecule has 0 radical (unpaired) electrons. The fourth-order valence-electron chi connectivity index (χ4n) is 4.02. The van der Waals surface area contributed by atoms with Crippen molar-refractivity contribution in [1.82, 2.24) is 5.32 Å². The molecule has 162 valence electrons. The highest BCUT2D eigenvalue weighted by Gasteiger charge is 2.29. The second kappa shape index (κ2) is 9.10. The largest absolute Gasteiger partial charge is 0.508 e. The van der Waals surface area contributed by atoms with E-state index in [9.17, 15) is 20.1 Å². The maximum absolute atomic E-state index is 12.2. The van der Waals surface area contributed by atoms with Gasteiger partial charge in [-0.05, 0) is 40.5 Å². The summed E-state index contributed by atoms with van der Waals surface area (Å²) in [5.74, 6) is -0.342. The fourth-order valence-corrected chi connectivity index (χ4v) is 4.02. The van der Waals surface area contributed by atoms with E-state index in [1.54, 1.807) is 0 Å². The van der Waals surface area contributed by atoms with E-state index in [1.165, 1.54) is 18.2 Å². The molecule has 0 aliphatic heterocycles. The lowest BCUT2D eigenvalue weighted by atomic mass is 9.98. The van der Waals surface area contributed by atoms with Crippen LogP contribution in [0.1, 0.15) is 34.3 Å². The molecule has 1 aliphatic carbocycles. The Morgan fingerprint density at radius 2 is 1.66 bits per heavy atom. The number of hydrogen-bond donors (Lipinski definition) is 4. The maximum Gasteiger partial charge on any atom is 0.407 e.